The van der Waals surface area contributed by atoms with Crippen molar-refractivity contribution in [3.05, 3.63) is 96.6 Å². The molecule has 3 heterocycles. The number of halogens is 3. The highest BCUT2D eigenvalue weighted by Gasteiger charge is 2.30. The molecule has 0 radical (unpaired) electrons. The molecule has 0 amide bonds. The summed E-state index contributed by atoms with van der Waals surface area (Å²) >= 11 is 0. The van der Waals surface area contributed by atoms with E-state index in [1.807, 2.05) is 19.2 Å². The van der Waals surface area contributed by atoms with Crippen LogP contribution >= 0.6 is 0 Å². The Labute approximate surface area is 239 Å². The quantitative estimate of drug-likeness (QED) is 0.227. The third kappa shape index (κ3) is 6.85. The van der Waals surface area contributed by atoms with E-state index in [4.69, 9.17) is 9.97 Å². The largest absolute Gasteiger partial charge is 0.416 e. The number of hydrogen-bond acceptors (Lipinski definition) is 6. The summed E-state index contributed by atoms with van der Waals surface area (Å²) in [7, 11) is 2.03. The van der Waals surface area contributed by atoms with Crippen molar-refractivity contribution in [3.63, 3.8) is 0 Å². The Morgan fingerprint density at radius 3 is 1.98 bits per heavy atom. The van der Waals surface area contributed by atoms with Gasteiger partial charge in [-0.15, -0.1) is 0 Å². The van der Waals surface area contributed by atoms with E-state index < -0.39 is 11.7 Å². The van der Waals surface area contributed by atoms with Crippen LogP contribution in [-0.4, -0.2) is 52.1 Å². The zero-order valence-corrected chi connectivity index (χ0v) is 23.6. The van der Waals surface area contributed by atoms with Crippen LogP contribution in [0.4, 0.5) is 30.5 Å². The Kier molecular flexibility index (Phi) is 8.54. The fraction of sp³-hybridized carbons (Fsp3) is 0.344. The van der Waals surface area contributed by atoms with Gasteiger partial charge in [-0.1, -0.05) is 24.3 Å². The van der Waals surface area contributed by atoms with Gasteiger partial charge >= 0.3 is 6.18 Å². The second-order valence-corrected chi connectivity index (χ2v) is 10.8. The van der Waals surface area contributed by atoms with Crippen molar-refractivity contribution in [3.8, 4) is 11.1 Å². The summed E-state index contributed by atoms with van der Waals surface area (Å²) in [4.78, 5) is 20.4. The minimum absolute atomic E-state index is 0.279. The van der Waals surface area contributed by atoms with Crippen molar-refractivity contribution in [2.75, 3.05) is 29.9 Å². The first-order valence-corrected chi connectivity index (χ1v) is 13.9. The first-order chi connectivity index (χ1) is 19.7. The average Bonchev–Trinajstić information content (AvgIpc) is 3.00. The lowest BCUT2D eigenvalue weighted by Crippen LogP contribution is -2.47. The van der Waals surface area contributed by atoms with Crippen molar-refractivity contribution >= 4 is 17.3 Å². The number of nitrogens with zero attached hydrogens (tertiary/aromatic N) is 6. The van der Waals surface area contributed by atoms with Gasteiger partial charge in [-0.05, 0) is 74.2 Å². The van der Waals surface area contributed by atoms with Gasteiger partial charge in [0.05, 0.1) is 5.56 Å². The summed E-state index contributed by atoms with van der Waals surface area (Å²) in [5.41, 5.74) is 3.95. The van der Waals surface area contributed by atoms with Crippen LogP contribution in [0.2, 0.25) is 0 Å². The third-order valence-electron chi connectivity index (χ3n) is 7.84. The van der Waals surface area contributed by atoms with Crippen LogP contribution in [0.1, 0.15) is 37.8 Å². The van der Waals surface area contributed by atoms with E-state index in [-0.39, 0.29) is 6.04 Å². The maximum atomic E-state index is 13.0. The molecule has 6 nitrogen and oxygen atoms in total. The number of piperidine rings is 1. The second-order valence-electron chi connectivity index (χ2n) is 10.8. The molecular formula is C32H35F3N6. The number of rotatable bonds is 8. The molecule has 4 aromatic rings. The van der Waals surface area contributed by atoms with Crippen LogP contribution in [0.25, 0.3) is 11.1 Å². The third-order valence-corrected chi connectivity index (χ3v) is 7.84. The summed E-state index contributed by atoms with van der Waals surface area (Å²) < 4.78 is 39.0. The summed E-state index contributed by atoms with van der Waals surface area (Å²) in [6.45, 7) is 7.14. The Morgan fingerprint density at radius 2 is 1.41 bits per heavy atom. The minimum Gasteiger partial charge on any atom is -0.345 e. The summed E-state index contributed by atoms with van der Waals surface area (Å²) in [5, 5.41) is 0. The molecule has 0 N–H and O–H groups in total. The highest BCUT2D eigenvalue weighted by Crippen LogP contribution is 2.32. The van der Waals surface area contributed by atoms with E-state index in [1.165, 1.54) is 12.1 Å². The smallest absolute Gasteiger partial charge is 0.345 e. The Hall–Kier alpha value is -3.98. The molecule has 0 bridgehead atoms. The first-order valence-electron chi connectivity index (χ1n) is 13.9. The molecule has 0 unspecified atom stereocenters. The summed E-state index contributed by atoms with van der Waals surface area (Å²) in [6, 6.07) is 18.4. The number of hydrogen-bond donors (Lipinski definition) is 0. The molecule has 2 aromatic heterocycles. The average molecular weight is 561 g/mol. The lowest BCUT2D eigenvalue weighted by atomic mass is 10.0. The summed E-state index contributed by atoms with van der Waals surface area (Å²) in [6.07, 6.45) is 4.62. The normalized spacial score (nSPS) is 14.8. The van der Waals surface area contributed by atoms with E-state index >= 15 is 0 Å². The van der Waals surface area contributed by atoms with Gasteiger partial charge in [0, 0.05) is 80.5 Å². The van der Waals surface area contributed by atoms with Crippen molar-refractivity contribution in [2.45, 2.75) is 51.5 Å². The Morgan fingerprint density at radius 1 is 0.829 bits per heavy atom. The second kappa shape index (κ2) is 12.3. The number of benzene rings is 2. The van der Waals surface area contributed by atoms with E-state index in [2.05, 4.69) is 57.8 Å². The highest BCUT2D eigenvalue weighted by molar-refractivity contribution is 5.63. The van der Waals surface area contributed by atoms with Gasteiger partial charge in [0.25, 0.3) is 0 Å². The minimum atomic E-state index is -4.36. The van der Waals surface area contributed by atoms with Crippen LogP contribution in [0.5, 0.6) is 0 Å². The molecule has 0 saturated carbocycles. The monoisotopic (exact) mass is 560 g/mol. The predicted octanol–water partition coefficient (Wildman–Crippen LogP) is 7.20. The molecule has 9 heteroatoms. The van der Waals surface area contributed by atoms with Crippen molar-refractivity contribution in [1.29, 1.82) is 0 Å². The molecule has 5 rings (SSSR count). The van der Waals surface area contributed by atoms with Crippen molar-refractivity contribution < 1.29 is 13.2 Å². The van der Waals surface area contributed by atoms with Crippen LogP contribution in [-0.2, 0) is 12.7 Å². The van der Waals surface area contributed by atoms with E-state index in [0.717, 1.165) is 55.0 Å². The van der Waals surface area contributed by atoms with Gasteiger partial charge in [-0.25, -0.2) is 9.97 Å². The molecule has 1 saturated heterocycles. The fourth-order valence-electron chi connectivity index (χ4n) is 5.29. The van der Waals surface area contributed by atoms with E-state index in [0.29, 0.717) is 29.7 Å². The molecular weight excluding hydrogens is 525 g/mol. The molecule has 0 atom stereocenters. The topological polar surface area (TPSA) is 48.4 Å². The highest BCUT2D eigenvalue weighted by atomic mass is 19.4. The molecule has 2 aromatic carbocycles. The molecule has 1 aliphatic heterocycles. The van der Waals surface area contributed by atoms with Crippen molar-refractivity contribution in [1.82, 2.24) is 19.9 Å². The molecule has 41 heavy (non-hydrogen) atoms. The maximum absolute atomic E-state index is 13.0. The number of anilines is 3. The zero-order valence-electron chi connectivity index (χ0n) is 23.6. The zero-order chi connectivity index (χ0) is 29.0. The van der Waals surface area contributed by atoms with E-state index in [9.17, 15) is 13.2 Å². The molecule has 1 aliphatic rings. The van der Waals surface area contributed by atoms with Gasteiger partial charge < -0.3 is 14.7 Å². The lowest BCUT2D eigenvalue weighted by Gasteiger charge is -2.40. The number of likely N-dealkylation sites (tertiary alicyclic amines) is 1. The van der Waals surface area contributed by atoms with Crippen LogP contribution in [0, 0.1) is 0 Å². The Balaban J connectivity index is 1.36. The number of pyridine rings is 1. The standard InChI is InChI=1S/C32H35F3N6/c1-23(2)40-18-14-30(15-19-40)41(22-24-4-10-28(11-5-24)39(3)29-12-16-36-17-13-29)31-37-20-26(21-38-31)25-6-8-27(9-7-25)32(33,34)35/h4-13,16-17,20-21,23,30H,14-15,18-19,22H2,1-3H3. The number of alkyl halides is 3. The van der Waals surface area contributed by atoms with E-state index in [1.54, 1.807) is 24.8 Å². The van der Waals surface area contributed by atoms with Gasteiger partial charge in [0.2, 0.25) is 5.95 Å². The molecule has 214 valence electrons. The van der Waals surface area contributed by atoms with Crippen LogP contribution < -0.4 is 9.80 Å². The van der Waals surface area contributed by atoms with Crippen LogP contribution in [0.3, 0.4) is 0 Å². The van der Waals surface area contributed by atoms with Gasteiger partial charge in [0.1, 0.15) is 0 Å². The first kappa shape index (κ1) is 28.5. The predicted molar refractivity (Wildman–Crippen MR) is 157 cm³/mol. The van der Waals surface area contributed by atoms with Crippen LogP contribution in [0.15, 0.2) is 85.5 Å². The van der Waals surface area contributed by atoms with Crippen molar-refractivity contribution in [2.24, 2.45) is 0 Å². The van der Waals surface area contributed by atoms with Gasteiger partial charge in [-0.3, -0.25) is 4.98 Å². The Bertz CT molecular complexity index is 1380. The lowest BCUT2D eigenvalue weighted by molar-refractivity contribution is -0.137. The molecule has 0 spiro atoms. The van der Waals surface area contributed by atoms with Gasteiger partial charge in [0.15, 0.2) is 0 Å². The molecule has 0 aliphatic carbocycles. The SMILES string of the molecule is CC(C)N1CCC(N(Cc2ccc(N(C)c3ccncc3)cc2)c2ncc(-c3ccc(C(F)(F)F)cc3)cn2)CC1. The maximum Gasteiger partial charge on any atom is 0.416 e. The summed E-state index contributed by atoms with van der Waals surface area (Å²) in [5.74, 6) is 0.627. The molecule has 1 fully saturated rings. The van der Waals surface area contributed by atoms with Gasteiger partial charge in [-0.2, -0.15) is 13.2 Å². The number of aromatic nitrogens is 3. The fourth-order valence-corrected chi connectivity index (χ4v) is 5.29.